The molecule has 1 amide bonds. The van der Waals surface area contributed by atoms with Gasteiger partial charge in [0, 0.05) is 12.6 Å². The molecule has 1 heterocycles. The summed E-state index contributed by atoms with van der Waals surface area (Å²) in [6.45, 7) is 2.90. The number of carbonyl (C=O) groups excluding carboxylic acids is 1. The second-order valence-corrected chi connectivity index (χ2v) is 4.49. The van der Waals surface area contributed by atoms with Gasteiger partial charge in [0.05, 0.1) is 19.1 Å². The summed E-state index contributed by atoms with van der Waals surface area (Å²) in [4.78, 5) is 13.9. The molecule has 0 spiro atoms. The van der Waals surface area contributed by atoms with Crippen LogP contribution in [0.2, 0.25) is 0 Å². The third kappa shape index (κ3) is 4.08. The molecule has 1 aliphatic rings. The molecule has 1 rings (SSSR count). The molecule has 0 radical (unpaired) electrons. The fourth-order valence-electron chi connectivity index (χ4n) is 1.84. The van der Waals surface area contributed by atoms with Crippen LogP contribution in [0.3, 0.4) is 0 Å². The first-order valence-electron chi connectivity index (χ1n) is 5.82. The molecule has 0 aromatic heterocycles. The molecule has 1 aliphatic heterocycles. The van der Waals surface area contributed by atoms with Gasteiger partial charge in [0.15, 0.2) is 0 Å². The molecule has 2 N–H and O–H groups in total. The van der Waals surface area contributed by atoms with Crippen LogP contribution < -0.4 is 10.6 Å². The molecule has 5 nitrogen and oxygen atoms in total. The van der Waals surface area contributed by atoms with Gasteiger partial charge in [-0.1, -0.05) is 0 Å². The Morgan fingerprint density at radius 3 is 2.81 bits per heavy atom. The van der Waals surface area contributed by atoms with Crippen molar-refractivity contribution in [3.63, 3.8) is 0 Å². The van der Waals surface area contributed by atoms with E-state index in [-0.39, 0.29) is 17.9 Å². The average molecular weight is 229 g/mol. The summed E-state index contributed by atoms with van der Waals surface area (Å²) in [6, 6.07) is 0.161. The summed E-state index contributed by atoms with van der Waals surface area (Å²) in [5, 5.41) is 6.07. The van der Waals surface area contributed by atoms with Crippen molar-refractivity contribution in [2.45, 2.75) is 12.5 Å². The van der Waals surface area contributed by atoms with E-state index in [9.17, 15) is 4.79 Å². The quantitative estimate of drug-likeness (QED) is 0.591. The number of hydrogen-bond acceptors (Lipinski definition) is 4. The number of rotatable bonds is 6. The third-order valence-corrected chi connectivity index (χ3v) is 2.87. The van der Waals surface area contributed by atoms with Crippen LogP contribution in [-0.4, -0.2) is 64.3 Å². The van der Waals surface area contributed by atoms with E-state index in [1.54, 1.807) is 0 Å². The fraction of sp³-hybridized carbons (Fsp3) is 0.909. The van der Waals surface area contributed by atoms with Crippen molar-refractivity contribution in [3.05, 3.63) is 0 Å². The molecule has 0 bridgehead atoms. The van der Waals surface area contributed by atoms with Crippen LogP contribution >= 0.6 is 0 Å². The van der Waals surface area contributed by atoms with E-state index in [1.165, 1.54) is 0 Å². The topological polar surface area (TPSA) is 53.6 Å². The van der Waals surface area contributed by atoms with Crippen LogP contribution in [-0.2, 0) is 9.53 Å². The zero-order chi connectivity index (χ0) is 12.0. The molecule has 0 saturated carbocycles. The van der Waals surface area contributed by atoms with Gasteiger partial charge >= 0.3 is 0 Å². The van der Waals surface area contributed by atoms with Crippen LogP contribution in [0.15, 0.2) is 0 Å². The minimum absolute atomic E-state index is 0.0376. The molecule has 0 aromatic carbocycles. The normalized spacial score (nSPS) is 25.0. The van der Waals surface area contributed by atoms with Crippen molar-refractivity contribution in [1.29, 1.82) is 0 Å². The van der Waals surface area contributed by atoms with E-state index in [0.717, 1.165) is 19.5 Å². The summed E-state index contributed by atoms with van der Waals surface area (Å²) in [7, 11) is 5.93. The maximum absolute atomic E-state index is 11.8. The predicted molar refractivity (Wildman–Crippen MR) is 63.3 cm³/mol. The molecule has 94 valence electrons. The van der Waals surface area contributed by atoms with E-state index in [0.29, 0.717) is 13.2 Å². The number of carbonyl (C=O) groups is 1. The van der Waals surface area contributed by atoms with Crippen molar-refractivity contribution in [2.24, 2.45) is 5.92 Å². The highest BCUT2D eigenvalue weighted by atomic mass is 16.5. The first-order chi connectivity index (χ1) is 7.65. The van der Waals surface area contributed by atoms with Gasteiger partial charge < -0.3 is 20.3 Å². The molecular weight excluding hydrogens is 206 g/mol. The molecule has 0 aliphatic carbocycles. The molecule has 5 heteroatoms. The van der Waals surface area contributed by atoms with E-state index >= 15 is 0 Å². The maximum Gasteiger partial charge on any atom is 0.227 e. The lowest BCUT2D eigenvalue weighted by atomic mass is 10.0. The van der Waals surface area contributed by atoms with Crippen LogP contribution in [0.1, 0.15) is 6.42 Å². The number of nitrogens with one attached hydrogen (secondary N) is 2. The lowest BCUT2D eigenvalue weighted by Crippen LogP contribution is -2.43. The molecular formula is C11H23N3O2. The monoisotopic (exact) mass is 229 g/mol. The number of hydrogen-bond donors (Lipinski definition) is 2. The van der Waals surface area contributed by atoms with Crippen LogP contribution in [0.25, 0.3) is 0 Å². The third-order valence-electron chi connectivity index (χ3n) is 2.87. The number of ether oxygens (including phenoxy) is 1. The summed E-state index contributed by atoms with van der Waals surface area (Å²) < 4.78 is 5.29. The SMILES string of the molecule is CNC1COCC1C(=O)NCCCN(C)C. The highest BCUT2D eigenvalue weighted by Crippen LogP contribution is 2.13. The van der Waals surface area contributed by atoms with Crippen molar-refractivity contribution < 1.29 is 9.53 Å². The largest absolute Gasteiger partial charge is 0.379 e. The van der Waals surface area contributed by atoms with Crippen LogP contribution in [0, 0.1) is 5.92 Å². The standard InChI is InChI=1S/C11H23N3O2/c1-12-10-8-16-7-9(10)11(15)13-5-4-6-14(2)3/h9-10,12H,4-8H2,1-3H3,(H,13,15). The van der Waals surface area contributed by atoms with Gasteiger partial charge in [-0.25, -0.2) is 0 Å². The molecule has 1 saturated heterocycles. The van der Waals surface area contributed by atoms with Gasteiger partial charge in [0.25, 0.3) is 0 Å². The smallest absolute Gasteiger partial charge is 0.227 e. The zero-order valence-corrected chi connectivity index (χ0v) is 10.5. The van der Waals surface area contributed by atoms with Gasteiger partial charge in [-0.05, 0) is 34.1 Å². The zero-order valence-electron chi connectivity index (χ0n) is 10.5. The Morgan fingerprint density at radius 2 is 2.19 bits per heavy atom. The van der Waals surface area contributed by atoms with E-state index in [4.69, 9.17) is 4.74 Å². The molecule has 0 aromatic rings. The van der Waals surface area contributed by atoms with Crippen molar-refractivity contribution >= 4 is 5.91 Å². The second kappa shape index (κ2) is 6.83. The van der Waals surface area contributed by atoms with Gasteiger partial charge in [-0.15, -0.1) is 0 Å². The minimum Gasteiger partial charge on any atom is -0.379 e. The average Bonchev–Trinajstić information content (AvgIpc) is 2.71. The highest BCUT2D eigenvalue weighted by molar-refractivity contribution is 5.79. The maximum atomic E-state index is 11.8. The summed E-state index contributed by atoms with van der Waals surface area (Å²) >= 11 is 0. The Labute approximate surface area is 97.5 Å². The van der Waals surface area contributed by atoms with Gasteiger partial charge in [-0.2, -0.15) is 0 Å². The molecule has 16 heavy (non-hydrogen) atoms. The van der Waals surface area contributed by atoms with Crippen LogP contribution in [0.5, 0.6) is 0 Å². The first-order valence-corrected chi connectivity index (χ1v) is 5.82. The number of likely N-dealkylation sites (N-methyl/N-ethyl adjacent to an activating group) is 1. The Hall–Kier alpha value is -0.650. The van der Waals surface area contributed by atoms with Crippen molar-refractivity contribution in [3.8, 4) is 0 Å². The minimum atomic E-state index is -0.0376. The summed E-state index contributed by atoms with van der Waals surface area (Å²) in [5.74, 6) is 0.0694. The number of amides is 1. The lowest BCUT2D eigenvalue weighted by Gasteiger charge is -2.16. The number of nitrogens with zero attached hydrogens (tertiary/aromatic N) is 1. The Morgan fingerprint density at radius 1 is 1.44 bits per heavy atom. The van der Waals surface area contributed by atoms with E-state index < -0.39 is 0 Å². The first kappa shape index (κ1) is 13.4. The molecule has 1 fully saturated rings. The Kier molecular flexibility index (Phi) is 5.73. The van der Waals surface area contributed by atoms with Crippen LogP contribution in [0.4, 0.5) is 0 Å². The lowest BCUT2D eigenvalue weighted by molar-refractivity contribution is -0.125. The fourth-order valence-corrected chi connectivity index (χ4v) is 1.84. The van der Waals surface area contributed by atoms with Crippen molar-refractivity contribution in [2.75, 3.05) is 47.4 Å². The Balaban J connectivity index is 2.19. The van der Waals surface area contributed by atoms with Gasteiger partial charge in [0.1, 0.15) is 0 Å². The van der Waals surface area contributed by atoms with E-state index in [1.807, 2.05) is 21.1 Å². The Bertz CT molecular complexity index is 221. The second-order valence-electron chi connectivity index (χ2n) is 4.49. The molecule has 2 unspecified atom stereocenters. The van der Waals surface area contributed by atoms with E-state index in [2.05, 4.69) is 15.5 Å². The predicted octanol–water partition coefficient (Wildman–Crippen LogP) is -0.711. The van der Waals surface area contributed by atoms with Gasteiger partial charge in [0.2, 0.25) is 5.91 Å². The summed E-state index contributed by atoms with van der Waals surface area (Å²) in [6.07, 6.45) is 0.983. The highest BCUT2D eigenvalue weighted by Gasteiger charge is 2.32. The van der Waals surface area contributed by atoms with Gasteiger partial charge in [-0.3, -0.25) is 4.79 Å². The molecule has 2 atom stereocenters. The van der Waals surface area contributed by atoms with Crippen molar-refractivity contribution in [1.82, 2.24) is 15.5 Å². The summed E-state index contributed by atoms with van der Waals surface area (Å²) in [5.41, 5.74) is 0.